The molecule has 0 radical (unpaired) electrons. The zero-order valence-corrected chi connectivity index (χ0v) is 13.1. The van der Waals surface area contributed by atoms with Crippen LogP contribution in [0, 0.1) is 5.92 Å². The van der Waals surface area contributed by atoms with Crippen LogP contribution >= 0.6 is 0 Å². The van der Waals surface area contributed by atoms with E-state index in [1.807, 2.05) is 12.4 Å². The molecular formula is C16H23N5O. The molecule has 6 nitrogen and oxygen atoms in total. The van der Waals surface area contributed by atoms with E-state index < -0.39 is 0 Å². The summed E-state index contributed by atoms with van der Waals surface area (Å²) in [6.07, 6.45) is 9.90. The van der Waals surface area contributed by atoms with Crippen molar-refractivity contribution in [2.45, 2.75) is 44.6 Å². The molecule has 2 aromatic rings. The van der Waals surface area contributed by atoms with Crippen LogP contribution < -0.4 is 0 Å². The van der Waals surface area contributed by atoms with Crippen LogP contribution in [0.4, 0.5) is 0 Å². The number of imidazole rings is 1. The van der Waals surface area contributed by atoms with Crippen molar-refractivity contribution in [2.24, 2.45) is 13.0 Å². The molecule has 2 fully saturated rings. The Morgan fingerprint density at radius 3 is 3.00 bits per heavy atom. The largest absolute Gasteiger partial charge is 0.338 e. The Kier molecular flexibility index (Phi) is 3.70. The van der Waals surface area contributed by atoms with Gasteiger partial charge < -0.3 is 9.09 Å². The molecule has 3 heterocycles. The minimum atomic E-state index is 0.565. The van der Waals surface area contributed by atoms with Crippen molar-refractivity contribution in [3.63, 3.8) is 0 Å². The summed E-state index contributed by atoms with van der Waals surface area (Å²) in [5.74, 6) is 4.10. The molecule has 1 aliphatic carbocycles. The van der Waals surface area contributed by atoms with Gasteiger partial charge in [-0.2, -0.15) is 4.98 Å². The van der Waals surface area contributed by atoms with Crippen molar-refractivity contribution in [2.75, 3.05) is 13.1 Å². The fourth-order valence-corrected chi connectivity index (χ4v) is 3.34. The molecule has 1 saturated carbocycles. The van der Waals surface area contributed by atoms with Gasteiger partial charge in [-0.1, -0.05) is 5.16 Å². The Morgan fingerprint density at radius 1 is 1.32 bits per heavy atom. The standard InChI is InChI=1S/C16H23N5O/c1-20-8-6-17-14(20)9-12-3-2-7-21(10-12)11-15-18-16(19-22-15)13-4-5-13/h6,8,12-13H,2-5,7,9-11H2,1H3/t12-/m0/s1. The van der Waals surface area contributed by atoms with E-state index in [9.17, 15) is 0 Å². The highest BCUT2D eigenvalue weighted by molar-refractivity contribution is 5.03. The van der Waals surface area contributed by atoms with Gasteiger partial charge in [-0.15, -0.1) is 0 Å². The Labute approximate surface area is 130 Å². The summed E-state index contributed by atoms with van der Waals surface area (Å²) in [4.78, 5) is 11.4. The smallest absolute Gasteiger partial charge is 0.240 e. The van der Waals surface area contributed by atoms with Gasteiger partial charge >= 0.3 is 0 Å². The zero-order chi connectivity index (χ0) is 14.9. The molecule has 6 heteroatoms. The van der Waals surface area contributed by atoms with Crippen LogP contribution in [0.25, 0.3) is 0 Å². The molecular weight excluding hydrogens is 278 g/mol. The molecule has 1 atom stereocenters. The molecule has 0 amide bonds. The molecule has 4 rings (SSSR count). The van der Waals surface area contributed by atoms with E-state index in [0.29, 0.717) is 11.8 Å². The van der Waals surface area contributed by atoms with Crippen molar-refractivity contribution in [1.82, 2.24) is 24.6 Å². The average molecular weight is 301 g/mol. The van der Waals surface area contributed by atoms with Crippen molar-refractivity contribution in [3.8, 4) is 0 Å². The Hall–Kier alpha value is -1.69. The van der Waals surface area contributed by atoms with E-state index in [4.69, 9.17) is 4.52 Å². The fraction of sp³-hybridized carbons (Fsp3) is 0.688. The second-order valence-corrected chi connectivity index (χ2v) is 6.72. The maximum Gasteiger partial charge on any atom is 0.240 e. The molecule has 0 aromatic carbocycles. The number of likely N-dealkylation sites (tertiary alicyclic amines) is 1. The second kappa shape index (κ2) is 5.83. The van der Waals surface area contributed by atoms with Gasteiger partial charge in [0.05, 0.1) is 6.54 Å². The zero-order valence-electron chi connectivity index (χ0n) is 13.1. The van der Waals surface area contributed by atoms with Crippen LogP contribution in [0.1, 0.15) is 49.1 Å². The summed E-state index contributed by atoms with van der Waals surface area (Å²) in [6.45, 7) is 3.00. The van der Waals surface area contributed by atoms with Crippen LogP contribution in [0.3, 0.4) is 0 Å². The Balaban J connectivity index is 1.34. The van der Waals surface area contributed by atoms with E-state index >= 15 is 0 Å². The summed E-state index contributed by atoms with van der Waals surface area (Å²) < 4.78 is 7.53. The summed E-state index contributed by atoms with van der Waals surface area (Å²) in [6, 6.07) is 0. The number of aromatic nitrogens is 4. The minimum absolute atomic E-state index is 0.565. The van der Waals surface area contributed by atoms with Gasteiger partial charge in [0.25, 0.3) is 0 Å². The summed E-state index contributed by atoms with van der Waals surface area (Å²) in [7, 11) is 2.07. The SMILES string of the molecule is Cn1ccnc1C[C@@H]1CCCN(Cc2nc(C3CC3)no2)C1. The van der Waals surface area contributed by atoms with E-state index in [-0.39, 0.29) is 0 Å². The van der Waals surface area contributed by atoms with Crippen LogP contribution in [0.5, 0.6) is 0 Å². The number of aryl methyl sites for hydroxylation is 1. The van der Waals surface area contributed by atoms with Gasteiger partial charge in [-0.25, -0.2) is 4.98 Å². The van der Waals surface area contributed by atoms with E-state index in [0.717, 1.165) is 37.8 Å². The highest BCUT2D eigenvalue weighted by Gasteiger charge is 2.29. The highest BCUT2D eigenvalue weighted by atomic mass is 16.5. The first-order chi connectivity index (χ1) is 10.8. The van der Waals surface area contributed by atoms with Crippen molar-refractivity contribution in [3.05, 3.63) is 29.9 Å². The number of rotatable bonds is 5. The monoisotopic (exact) mass is 301 g/mol. The molecule has 0 bridgehead atoms. The van der Waals surface area contributed by atoms with Gasteiger partial charge in [0, 0.05) is 38.3 Å². The molecule has 0 N–H and O–H groups in total. The molecule has 0 unspecified atom stereocenters. The van der Waals surface area contributed by atoms with E-state index in [1.54, 1.807) is 0 Å². The number of piperidine rings is 1. The Morgan fingerprint density at radius 2 is 2.23 bits per heavy atom. The van der Waals surface area contributed by atoms with Gasteiger partial charge in [0.2, 0.25) is 5.89 Å². The van der Waals surface area contributed by atoms with Crippen molar-refractivity contribution >= 4 is 0 Å². The topological polar surface area (TPSA) is 60.0 Å². The third kappa shape index (κ3) is 3.06. The Bertz CT molecular complexity index is 630. The lowest BCUT2D eigenvalue weighted by atomic mass is 9.94. The summed E-state index contributed by atoms with van der Waals surface area (Å²) in [5.41, 5.74) is 0. The summed E-state index contributed by atoms with van der Waals surface area (Å²) >= 11 is 0. The van der Waals surface area contributed by atoms with Crippen LogP contribution in [-0.4, -0.2) is 37.7 Å². The van der Waals surface area contributed by atoms with Crippen LogP contribution in [0.2, 0.25) is 0 Å². The number of nitrogens with zero attached hydrogens (tertiary/aromatic N) is 5. The van der Waals surface area contributed by atoms with Crippen molar-refractivity contribution < 1.29 is 4.52 Å². The molecule has 2 aliphatic rings. The van der Waals surface area contributed by atoms with Gasteiger partial charge in [-0.3, -0.25) is 4.90 Å². The quantitative estimate of drug-likeness (QED) is 0.846. The normalized spacial score (nSPS) is 23.0. The maximum absolute atomic E-state index is 5.41. The lowest BCUT2D eigenvalue weighted by molar-refractivity contribution is 0.148. The first-order valence-electron chi connectivity index (χ1n) is 8.29. The predicted octanol–water partition coefficient (Wildman–Crippen LogP) is 2.14. The molecule has 2 aromatic heterocycles. The lowest BCUT2D eigenvalue weighted by Gasteiger charge is -2.31. The average Bonchev–Trinajstić information content (AvgIpc) is 3.14. The third-order valence-electron chi connectivity index (χ3n) is 4.78. The maximum atomic E-state index is 5.41. The fourth-order valence-electron chi connectivity index (χ4n) is 3.34. The minimum Gasteiger partial charge on any atom is -0.338 e. The first-order valence-corrected chi connectivity index (χ1v) is 8.29. The van der Waals surface area contributed by atoms with Crippen LogP contribution in [0.15, 0.2) is 16.9 Å². The first kappa shape index (κ1) is 13.9. The molecule has 118 valence electrons. The van der Waals surface area contributed by atoms with Crippen molar-refractivity contribution in [1.29, 1.82) is 0 Å². The number of hydrogen-bond acceptors (Lipinski definition) is 5. The number of hydrogen-bond donors (Lipinski definition) is 0. The third-order valence-corrected chi connectivity index (χ3v) is 4.78. The summed E-state index contributed by atoms with van der Waals surface area (Å²) in [5, 5.41) is 4.11. The molecule has 0 spiro atoms. The van der Waals surface area contributed by atoms with Crippen LogP contribution in [-0.2, 0) is 20.0 Å². The van der Waals surface area contributed by atoms with E-state index in [1.165, 1.54) is 31.5 Å². The predicted molar refractivity (Wildman–Crippen MR) is 81.2 cm³/mol. The van der Waals surface area contributed by atoms with E-state index in [2.05, 4.69) is 31.6 Å². The highest BCUT2D eigenvalue weighted by Crippen LogP contribution is 2.38. The van der Waals surface area contributed by atoms with Gasteiger partial charge in [0.1, 0.15) is 5.82 Å². The molecule has 1 aliphatic heterocycles. The molecule has 22 heavy (non-hydrogen) atoms. The lowest BCUT2D eigenvalue weighted by Crippen LogP contribution is -2.36. The van der Waals surface area contributed by atoms with Gasteiger partial charge in [0.15, 0.2) is 5.82 Å². The molecule has 1 saturated heterocycles. The van der Waals surface area contributed by atoms with Gasteiger partial charge in [-0.05, 0) is 38.1 Å². The second-order valence-electron chi connectivity index (χ2n) is 6.72.